The molecule has 0 bridgehead atoms. The maximum Gasteiger partial charge on any atom is 0.506 e. The summed E-state index contributed by atoms with van der Waals surface area (Å²) in [7, 11) is 0. The van der Waals surface area contributed by atoms with Crippen molar-refractivity contribution in [2.24, 2.45) is 5.73 Å². The van der Waals surface area contributed by atoms with Crippen molar-refractivity contribution in [3.05, 3.63) is 52.8 Å². The van der Waals surface area contributed by atoms with E-state index in [1.807, 2.05) is 49.1 Å². The first-order chi connectivity index (χ1) is 15.7. The van der Waals surface area contributed by atoms with Gasteiger partial charge in [-0.15, -0.1) is 0 Å². The topological polar surface area (TPSA) is 125 Å². The number of benzene rings is 1. The first kappa shape index (κ1) is 22.7. The number of piperidine rings is 1. The Balaban J connectivity index is 1.44. The van der Waals surface area contributed by atoms with Gasteiger partial charge in [-0.05, 0) is 55.7 Å². The van der Waals surface area contributed by atoms with E-state index in [-0.39, 0.29) is 12.6 Å². The van der Waals surface area contributed by atoms with Crippen molar-refractivity contribution in [3.8, 4) is 5.75 Å². The normalized spacial score (nSPS) is 17.3. The first-order valence-electron chi connectivity index (χ1n) is 11.2. The molecule has 1 saturated heterocycles. The van der Waals surface area contributed by atoms with Gasteiger partial charge in [0.2, 0.25) is 0 Å². The summed E-state index contributed by atoms with van der Waals surface area (Å²) in [6.07, 6.45) is 0.599. The molecule has 1 aromatic heterocycles. The molecule has 0 aliphatic carbocycles. The summed E-state index contributed by atoms with van der Waals surface area (Å²) in [6, 6.07) is 9.99. The van der Waals surface area contributed by atoms with Gasteiger partial charge in [-0.3, -0.25) is 10.4 Å². The lowest BCUT2D eigenvalue weighted by Gasteiger charge is -2.41. The summed E-state index contributed by atoms with van der Waals surface area (Å²) in [5.41, 5.74) is 10.0. The molecule has 0 spiro atoms. The van der Waals surface area contributed by atoms with Gasteiger partial charge in [0.05, 0.1) is 0 Å². The number of anilines is 1. The van der Waals surface area contributed by atoms with Crippen LogP contribution in [0.1, 0.15) is 35.4 Å². The highest BCUT2D eigenvalue weighted by Gasteiger charge is 2.40. The van der Waals surface area contributed by atoms with E-state index >= 15 is 0 Å². The maximum atomic E-state index is 11.5. The molecular formula is C24H31N5O4. The molecule has 2 aromatic rings. The minimum atomic E-state index is -1.29. The zero-order valence-electron chi connectivity index (χ0n) is 19.1. The van der Waals surface area contributed by atoms with Crippen LogP contribution >= 0.6 is 0 Å². The Hall–Kier alpha value is -3.49. The van der Waals surface area contributed by atoms with Crippen molar-refractivity contribution >= 4 is 17.8 Å². The van der Waals surface area contributed by atoms with Gasteiger partial charge in [0.25, 0.3) is 0 Å². The van der Waals surface area contributed by atoms with Gasteiger partial charge < -0.3 is 30.1 Å². The SMILES string of the molecule is Cc1cc(N2CCC(COc3ccc4c(c3)CN(C(=N)N)CC4)(OC(=O)O)CC2)cc(C)n1. The molecule has 3 heterocycles. The monoisotopic (exact) mass is 453 g/mol. The average Bonchev–Trinajstić information content (AvgIpc) is 2.76. The zero-order chi connectivity index (χ0) is 23.6. The molecule has 2 aliphatic heterocycles. The van der Waals surface area contributed by atoms with E-state index in [1.165, 1.54) is 5.56 Å². The lowest BCUT2D eigenvalue weighted by Crippen LogP contribution is -2.50. The van der Waals surface area contributed by atoms with E-state index in [4.69, 9.17) is 20.6 Å². The average molecular weight is 454 g/mol. The molecule has 4 rings (SSSR count). The molecule has 0 radical (unpaired) electrons. The van der Waals surface area contributed by atoms with Gasteiger partial charge >= 0.3 is 6.16 Å². The van der Waals surface area contributed by atoms with Crippen molar-refractivity contribution in [1.29, 1.82) is 5.41 Å². The molecule has 9 nitrogen and oxygen atoms in total. The number of nitrogens with one attached hydrogen (secondary N) is 1. The van der Waals surface area contributed by atoms with E-state index in [1.54, 1.807) is 0 Å². The summed E-state index contributed by atoms with van der Waals surface area (Å²) in [5, 5.41) is 17.1. The van der Waals surface area contributed by atoms with Gasteiger partial charge in [-0.2, -0.15) is 0 Å². The minimum absolute atomic E-state index is 0.0622. The van der Waals surface area contributed by atoms with Crippen LogP contribution in [0.25, 0.3) is 0 Å². The summed E-state index contributed by atoms with van der Waals surface area (Å²) < 4.78 is 11.5. The molecule has 0 unspecified atom stereocenters. The molecule has 4 N–H and O–H groups in total. The van der Waals surface area contributed by atoms with Crippen LogP contribution < -0.4 is 15.4 Å². The zero-order valence-corrected chi connectivity index (χ0v) is 19.1. The fraction of sp³-hybridized carbons (Fsp3) is 0.458. The molecule has 176 valence electrons. The van der Waals surface area contributed by atoms with Crippen LogP contribution in [-0.2, 0) is 17.7 Å². The summed E-state index contributed by atoms with van der Waals surface area (Å²) in [4.78, 5) is 20.0. The molecule has 0 atom stereocenters. The van der Waals surface area contributed by atoms with Crippen molar-refractivity contribution in [1.82, 2.24) is 9.88 Å². The lowest BCUT2D eigenvalue weighted by atomic mass is 9.91. The quantitative estimate of drug-likeness (QED) is 0.358. The van der Waals surface area contributed by atoms with Gasteiger partial charge in [0.1, 0.15) is 12.4 Å². The number of guanidine groups is 1. The van der Waals surface area contributed by atoms with Gasteiger partial charge in [0, 0.05) is 56.1 Å². The Labute approximate surface area is 193 Å². The number of aromatic nitrogens is 1. The third-order valence-electron chi connectivity index (χ3n) is 6.44. The van der Waals surface area contributed by atoms with E-state index in [9.17, 15) is 9.90 Å². The fourth-order valence-corrected chi connectivity index (χ4v) is 4.67. The number of pyridine rings is 1. The third kappa shape index (κ3) is 5.30. The van der Waals surface area contributed by atoms with Crippen LogP contribution in [0, 0.1) is 19.3 Å². The van der Waals surface area contributed by atoms with Crippen molar-refractivity contribution in [3.63, 3.8) is 0 Å². The molecule has 1 aromatic carbocycles. The van der Waals surface area contributed by atoms with Crippen molar-refractivity contribution in [2.75, 3.05) is 31.1 Å². The second-order valence-corrected chi connectivity index (χ2v) is 8.92. The Morgan fingerprint density at radius 2 is 1.85 bits per heavy atom. The minimum Gasteiger partial charge on any atom is -0.489 e. The Kier molecular flexibility index (Phi) is 6.31. The molecule has 0 amide bonds. The first-order valence-corrected chi connectivity index (χ1v) is 11.2. The van der Waals surface area contributed by atoms with Crippen LogP contribution in [0.2, 0.25) is 0 Å². The largest absolute Gasteiger partial charge is 0.506 e. The smallest absolute Gasteiger partial charge is 0.489 e. The van der Waals surface area contributed by atoms with Crippen LogP contribution in [0.15, 0.2) is 30.3 Å². The van der Waals surface area contributed by atoms with Crippen LogP contribution in [0.3, 0.4) is 0 Å². The van der Waals surface area contributed by atoms with Gasteiger partial charge in [-0.25, -0.2) is 4.79 Å². The number of hydrogen-bond donors (Lipinski definition) is 3. The Morgan fingerprint density at radius 1 is 1.15 bits per heavy atom. The number of ether oxygens (including phenoxy) is 2. The van der Waals surface area contributed by atoms with Gasteiger partial charge in [-0.1, -0.05) is 6.07 Å². The summed E-state index contributed by atoms with van der Waals surface area (Å²) >= 11 is 0. The lowest BCUT2D eigenvalue weighted by molar-refractivity contribution is -0.0593. The number of nitrogens with zero attached hydrogens (tertiary/aromatic N) is 3. The molecule has 0 saturated carbocycles. The van der Waals surface area contributed by atoms with Crippen LogP contribution in [-0.4, -0.2) is 58.9 Å². The van der Waals surface area contributed by atoms with E-state index < -0.39 is 11.8 Å². The number of carboxylic acid groups (broad SMARTS) is 1. The number of nitrogens with two attached hydrogens (primary N) is 1. The number of carbonyl (C=O) groups is 1. The predicted molar refractivity (Wildman–Crippen MR) is 125 cm³/mol. The van der Waals surface area contributed by atoms with E-state index in [0.29, 0.717) is 38.2 Å². The van der Waals surface area contributed by atoms with Crippen molar-refractivity contribution in [2.45, 2.75) is 45.3 Å². The number of rotatable bonds is 5. The highest BCUT2D eigenvalue weighted by molar-refractivity contribution is 5.75. The molecule has 9 heteroatoms. The van der Waals surface area contributed by atoms with Crippen LogP contribution in [0.4, 0.5) is 10.5 Å². The summed E-state index contributed by atoms with van der Waals surface area (Å²) in [5.74, 6) is 0.724. The highest BCUT2D eigenvalue weighted by atomic mass is 16.7. The van der Waals surface area contributed by atoms with Crippen LogP contribution in [0.5, 0.6) is 5.75 Å². The highest BCUT2D eigenvalue weighted by Crippen LogP contribution is 2.32. The molecular weight excluding hydrogens is 422 g/mol. The number of hydrogen-bond acceptors (Lipinski definition) is 6. The third-order valence-corrected chi connectivity index (χ3v) is 6.44. The maximum absolute atomic E-state index is 11.5. The standard InChI is InChI=1S/C24H31N5O4/c1-16-11-20(12-17(2)27-16)28-9-6-24(7-10-28,33-23(30)31)15-32-21-4-3-18-5-8-29(22(25)26)14-19(18)13-21/h3-4,11-13H,5-10,14-15H2,1-2H3,(H3,25,26)(H,30,31). The Bertz CT molecular complexity index is 1030. The predicted octanol–water partition coefficient (Wildman–Crippen LogP) is 3.06. The fourth-order valence-electron chi connectivity index (χ4n) is 4.67. The molecule has 1 fully saturated rings. The second kappa shape index (κ2) is 9.17. The molecule has 2 aliphatic rings. The van der Waals surface area contributed by atoms with Crippen molar-refractivity contribution < 1.29 is 19.4 Å². The number of aryl methyl sites for hydroxylation is 2. The summed E-state index contributed by atoms with van der Waals surface area (Å²) in [6.45, 7) is 6.72. The second-order valence-electron chi connectivity index (χ2n) is 8.92. The van der Waals surface area contributed by atoms with E-state index in [0.717, 1.165) is 35.6 Å². The Morgan fingerprint density at radius 3 is 2.48 bits per heavy atom. The van der Waals surface area contributed by atoms with Gasteiger partial charge in [0.15, 0.2) is 11.6 Å². The number of fused-ring (bicyclic) bond motifs is 1. The molecule has 33 heavy (non-hydrogen) atoms. The van der Waals surface area contributed by atoms with E-state index in [2.05, 4.69) is 9.88 Å².